The molecule has 120 valence electrons. The van der Waals surface area contributed by atoms with Crippen LogP contribution in [0.15, 0.2) is 22.6 Å². The molecule has 1 atom stereocenters. The second kappa shape index (κ2) is 6.35. The van der Waals surface area contributed by atoms with Crippen LogP contribution in [0.5, 0.6) is 0 Å². The van der Waals surface area contributed by atoms with Crippen molar-refractivity contribution in [2.24, 2.45) is 0 Å². The summed E-state index contributed by atoms with van der Waals surface area (Å²) < 4.78 is 42.1. The molecule has 10 heteroatoms. The van der Waals surface area contributed by atoms with Crippen molar-refractivity contribution < 1.29 is 22.4 Å². The van der Waals surface area contributed by atoms with E-state index in [1.807, 2.05) is 0 Å². The van der Waals surface area contributed by atoms with Crippen LogP contribution in [-0.2, 0) is 11.0 Å². The normalized spacial score (nSPS) is 18.2. The standard InChI is InChI=1S/C12H10F3N3O2S.ClH/c13-12(14,15)11-18-7-3-6(1-2-9(7)20-11)17-10(19)8-4-21-5-16-8;/h1-3,8,16H,4-5H2,(H,17,19);1H. The van der Waals surface area contributed by atoms with Crippen LogP contribution >= 0.6 is 24.2 Å². The van der Waals surface area contributed by atoms with Crippen molar-refractivity contribution in [3.8, 4) is 0 Å². The average molecular weight is 354 g/mol. The number of hydrogen-bond donors (Lipinski definition) is 2. The van der Waals surface area contributed by atoms with Crippen LogP contribution in [0.4, 0.5) is 18.9 Å². The Labute approximate surface area is 133 Å². The van der Waals surface area contributed by atoms with Gasteiger partial charge in [0.25, 0.3) is 0 Å². The number of oxazole rings is 1. The van der Waals surface area contributed by atoms with Crippen molar-refractivity contribution in [2.45, 2.75) is 12.2 Å². The van der Waals surface area contributed by atoms with Crippen molar-refractivity contribution >= 4 is 46.9 Å². The molecule has 1 aliphatic rings. The number of thioether (sulfide) groups is 1. The Bertz CT molecular complexity index is 686. The number of nitrogens with one attached hydrogen (secondary N) is 2. The molecule has 2 heterocycles. The largest absolute Gasteiger partial charge is 0.468 e. The van der Waals surface area contributed by atoms with Gasteiger partial charge in [0.1, 0.15) is 5.52 Å². The molecule has 2 N–H and O–H groups in total. The van der Waals surface area contributed by atoms with Crippen LogP contribution in [0.3, 0.4) is 0 Å². The number of aromatic nitrogens is 1. The van der Waals surface area contributed by atoms with Crippen molar-refractivity contribution in [3.63, 3.8) is 0 Å². The summed E-state index contributed by atoms with van der Waals surface area (Å²) in [6.07, 6.45) is -4.63. The van der Waals surface area contributed by atoms with Gasteiger partial charge in [0.15, 0.2) is 5.58 Å². The molecule has 0 bridgehead atoms. The molecular weight excluding hydrogens is 343 g/mol. The third-order valence-electron chi connectivity index (χ3n) is 2.93. The highest BCUT2D eigenvalue weighted by molar-refractivity contribution is 7.99. The Hall–Kier alpha value is -1.45. The summed E-state index contributed by atoms with van der Waals surface area (Å²) in [5.41, 5.74) is 0.456. The lowest BCUT2D eigenvalue weighted by atomic mass is 10.2. The second-order valence-electron chi connectivity index (χ2n) is 4.46. The summed E-state index contributed by atoms with van der Waals surface area (Å²) in [6.45, 7) is 0. The maximum absolute atomic E-state index is 12.5. The van der Waals surface area contributed by atoms with Crippen molar-refractivity contribution in [1.29, 1.82) is 0 Å². The highest BCUT2D eigenvalue weighted by atomic mass is 35.5. The first kappa shape index (κ1) is 16.9. The Morgan fingerprint density at radius 1 is 1.45 bits per heavy atom. The number of carbonyl (C=O) groups is 1. The number of hydrogen-bond acceptors (Lipinski definition) is 5. The minimum Gasteiger partial charge on any atom is -0.433 e. The summed E-state index contributed by atoms with van der Waals surface area (Å²) >= 11 is 1.61. The first-order valence-corrected chi connectivity index (χ1v) is 7.19. The van der Waals surface area contributed by atoms with E-state index < -0.39 is 12.1 Å². The Balaban J connectivity index is 0.00000176. The minimum atomic E-state index is -4.63. The van der Waals surface area contributed by atoms with Crippen LogP contribution in [0.25, 0.3) is 11.1 Å². The zero-order chi connectivity index (χ0) is 15.0. The van der Waals surface area contributed by atoms with E-state index in [1.165, 1.54) is 18.2 Å². The number of halogens is 4. The quantitative estimate of drug-likeness (QED) is 0.869. The molecule has 5 nitrogen and oxygen atoms in total. The van der Waals surface area contributed by atoms with Gasteiger partial charge in [-0.25, -0.2) is 4.98 Å². The number of amides is 1. The Morgan fingerprint density at radius 3 is 2.86 bits per heavy atom. The lowest BCUT2D eigenvalue weighted by Crippen LogP contribution is -2.37. The number of anilines is 1. The van der Waals surface area contributed by atoms with Gasteiger partial charge in [-0.3, -0.25) is 10.1 Å². The molecule has 2 aromatic rings. The van der Waals surface area contributed by atoms with Crippen molar-refractivity contribution in [3.05, 3.63) is 24.1 Å². The van der Waals surface area contributed by atoms with Gasteiger partial charge in [0.05, 0.1) is 6.04 Å². The summed E-state index contributed by atoms with van der Waals surface area (Å²) in [5.74, 6) is -0.153. The lowest BCUT2D eigenvalue weighted by Gasteiger charge is -2.10. The predicted octanol–water partition coefficient (Wildman–Crippen LogP) is 2.87. The van der Waals surface area contributed by atoms with E-state index in [-0.39, 0.29) is 35.5 Å². The number of rotatable bonds is 2. The van der Waals surface area contributed by atoms with Crippen LogP contribution in [0.2, 0.25) is 0 Å². The van der Waals surface area contributed by atoms with Gasteiger partial charge in [0, 0.05) is 17.3 Å². The van der Waals surface area contributed by atoms with Gasteiger partial charge in [-0.2, -0.15) is 13.2 Å². The molecule has 1 amide bonds. The summed E-state index contributed by atoms with van der Waals surface area (Å²) in [4.78, 5) is 15.3. The monoisotopic (exact) mass is 353 g/mol. The predicted molar refractivity (Wildman–Crippen MR) is 79.1 cm³/mol. The fraction of sp³-hybridized carbons (Fsp3) is 0.333. The van der Waals surface area contributed by atoms with Gasteiger partial charge < -0.3 is 9.73 Å². The molecular formula is C12H11ClF3N3O2S. The molecule has 3 rings (SSSR count). The van der Waals surface area contributed by atoms with Gasteiger partial charge in [-0.1, -0.05) is 0 Å². The third-order valence-corrected chi connectivity index (χ3v) is 3.87. The number of fused-ring (bicyclic) bond motifs is 1. The molecule has 0 saturated carbocycles. The molecule has 0 radical (unpaired) electrons. The highest BCUT2D eigenvalue weighted by Gasteiger charge is 2.37. The molecule has 1 saturated heterocycles. The van der Waals surface area contributed by atoms with Crippen LogP contribution in [0.1, 0.15) is 5.89 Å². The second-order valence-corrected chi connectivity index (χ2v) is 5.49. The smallest absolute Gasteiger partial charge is 0.433 e. The molecule has 1 unspecified atom stereocenters. The fourth-order valence-corrected chi connectivity index (χ4v) is 2.86. The van der Waals surface area contributed by atoms with Crippen LogP contribution in [-0.4, -0.2) is 28.6 Å². The van der Waals surface area contributed by atoms with E-state index in [0.29, 0.717) is 17.3 Å². The topological polar surface area (TPSA) is 67.2 Å². The molecule has 1 aromatic carbocycles. The van der Waals surface area contributed by atoms with E-state index in [0.717, 1.165) is 0 Å². The molecule has 1 fully saturated rings. The van der Waals surface area contributed by atoms with Gasteiger partial charge in [-0.15, -0.1) is 24.2 Å². The highest BCUT2D eigenvalue weighted by Crippen LogP contribution is 2.31. The van der Waals surface area contributed by atoms with E-state index in [1.54, 1.807) is 11.8 Å². The van der Waals surface area contributed by atoms with E-state index in [9.17, 15) is 18.0 Å². The SMILES string of the molecule is Cl.O=C(Nc1ccc2oc(C(F)(F)F)nc2c1)C1CSCN1. The van der Waals surface area contributed by atoms with Crippen molar-refractivity contribution in [1.82, 2.24) is 10.3 Å². The zero-order valence-electron chi connectivity index (χ0n) is 10.9. The maximum atomic E-state index is 12.5. The van der Waals surface area contributed by atoms with E-state index in [2.05, 4.69) is 20.0 Å². The summed E-state index contributed by atoms with van der Waals surface area (Å²) in [7, 11) is 0. The minimum absolute atomic E-state index is 0. The molecule has 1 aromatic heterocycles. The summed E-state index contributed by atoms with van der Waals surface area (Å²) in [6, 6.07) is 3.89. The van der Waals surface area contributed by atoms with Crippen LogP contribution < -0.4 is 10.6 Å². The number of benzene rings is 1. The maximum Gasteiger partial charge on any atom is 0.468 e. The molecule has 1 aliphatic heterocycles. The van der Waals surface area contributed by atoms with Crippen molar-refractivity contribution in [2.75, 3.05) is 16.9 Å². The van der Waals surface area contributed by atoms with E-state index in [4.69, 9.17) is 0 Å². The number of carbonyl (C=O) groups excluding carboxylic acids is 1. The zero-order valence-corrected chi connectivity index (χ0v) is 12.6. The molecule has 0 aliphatic carbocycles. The molecule has 0 spiro atoms. The first-order chi connectivity index (χ1) is 9.93. The number of alkyl halides is 3. The van der Waals surface area contributed by atoms with Gasteiger partial charge >= 0.3 is 12.1 Å². The number of nitrogens with zero attached hydrogens (tertiary/aromatic N) is 1. The first-order valence-electron chi connectivity index (χ1n) is 6.03. The average Bonchev–Trinajstić information content (AvgIpc) is 3.06. The van der Waals surface area contributed by atoms with Gasteiger partial charge in [0.2, 0.25) is 5.91 Å². The summed E-state index contributed by atoms with van der Waals surface area (Å²) in [5, 5.41) is 5.65. The van der Waals surface area contributed by atoms with Crippen LogP contribution in [0, 0.1) is 0 Å². The Kier molecular flexibility index (Phi) is 4.88. The Morgan fingerprint density at radius 2 is 2.23 bits per heavy atom. The third kappa shape index (κ3) is 3.47. The lowest BCUT2D eigenvalue weighted by molar-refractivity contribution is -0.156. The molecule has 22 heavy (non-hydrogen) atoms. The fourth-order valence-electron chi connectivity index (χ4n) is 1.92. The van der Waals surface area contributed by atoms with E-state index >= 15 is 0 Å². The van der Waals surface area contributed by atoms with Gasteiger partial charge in [-0.05, 0) is 18.2 Å².